The van der Waals surface area contributed by atoms with Crippen LogP contribution in [0.2, 0.25) is 0 Å². The molecule has 150 valence electrons. The highest BCUT2D eigenvalue weighted by molar-refractivity contribution is 9.10. The molecule has 28 heavy (non-hydrogen) atoms. The number of sulfonamides is 1. The predicted molar refractivity (Wildman–Crippen MR) is 107 cm³/mol. The number of aromatic carboxylic acids is 1. The molecule has 0 bridgehead atoms. The molecule has 2 N–H and O–H groups in total. The summed E-state index contributed by atoms with van der Waals surface area (Å²) >= 11 is 3.19. The molecule has 1 aliphatic heterocycles. The van der Waals surface area contributed by atoms with Crippen LogP contribution in [0.25, 0.3) is 0 Å². The van der Waals surface area contributed by atoms with Gasteiger partial charge in [0.1, 0.15) is 23.2 Å². The Labute approximate surface area is 171 Å². The Bertz CT molecular complexity index is 1020. The lowest BCUT2D eigenvalue weighted by molar-refractivity contribution is 0.0693. The number of halogens is 1. The van der Waals surface area contributed by atoms with Gasteiger partial charge in [-0.05, 0) is 41.1 Å². The zero-order valence-corrected chi connectivity index (χ0v) is 17.9. The number of methoxy groups -OCH3 is 1. The summed E-state index contributed by atoms with van der Waals surface area (Å²) in [5, 5.41) is 9.34. The zero-order valence-electron chi connectivity index (χ0n) is 15.5. The molecule has 0 aromatic heterocycles. The van der Waals surface area contributed by atoms with Gasteiger partial charge in [-0.1, -0.05) is 25.1 Å². The summed E-state index contributed by atoms with van der Waals surface area (Å²) < 4.78 is 39.7. The fraction of sp³-hybridized carbons (Fsp3) is 0.316. The Morgan fingerprint density at radius 1 is 1.32 bits per heavy atom. The van der Waals surface area contributed by atoms with Crippen molar-refractivity contribution < 1.29 is 27.8 Å². The molecule has 7 nitrogen and oxygen atoms in total. The molecule has 2 aromatic rings. The summed E-state index contributed by atoms with van der Waals surface area (Å²) in [5.41, 5.74) is 0.786. The van der Waals surface area contributed by atoms with Crippen molar-refractivity contribution in [1.29, 1.82) is 0 Å². The average Bonchev–Trinajstić information content (AvgIpc) is 2.97. The van der Waals surface area contributed by atoms with Gasteiger partial charge in [0.2, 0.25) is 10.0 Å². The number of nitrogens with one attached hydrogen (secondary N) is 1. The van der Waals surface area contributed by atoms with Crippen molar-refractivity contribution in [2.75, 3.05) is 7.11 Å². The minimum atomic E-state index is -4.02. The number of carboxylic acid groups (broad SMARTS) is 1. The molecule has 0 saturated heterocycles. The number of rotatable bonds is 6. The second kappa shape index (κ2) is 7.73. The van der Waals surface area contributed by atoms with Gasteiger partial charge in [-0.2, -0.15) is 0 Å². The van der Waals surface area contributed by atoms with Gasteiger partial charge in [-0.3, -0.25) is 0 Å². The third kappa shape index (κ3) is 3.74. The van der Waals surface area contributed by atoms with E-state index in [9.17, 15) is 18.3 Å². The van der Waals surface area contributed by atoms with Crippen molar-refractivity contribution >= 4 is 31.9 Å². The highest BCUT2D eigenvalue weighted by Gasteiger charge is 2.37. The Balaban J connectivity index is 1.88. The van der Waals surface area contributed by atoms with E-state index in [2.05, 4.69) is 20.7 Å². The number of benzene rings is 2. The van der Waals surface area contributed by atoms with E-state index in [0.717, 1.165) is 17.4 Å². The van der Waals surface area contributed by atoms with E-state index in [-0.39, 0.29) is 32.7 Å². The number of ether oxygens (including phenoxy) is 2. The summed E-state index contributed by atoms with van der Waals surface area (Å²) in [7, 11) is -2.70. The molecular weight excluding hydrogens is 450 g/mol. The lowest BCUT2D eigenvalue weighted by Gasteiger charge is -2.24. The van der Waals surface area contributed by atoms with Crippen LogP contribution in [0.3, 0.4) is 0 Å². The number of hydrogen-bond donors (Lipinski definition) is 2. The normalized spacial score (nSPS) is 19.6. The molecule has 0 radical (unpaired) electrons. The van der Waals surface area contributed by atoms with Crippen molar-refractivity contribution in [2.45, 2.75) is 36.8 Å². The average molecular weight is 470 g/mol. The summed E-state index contributed by atoms with van der Waals surface area (Å²) in [6.45, 7) is 3.70. The molecule has 0 fully saturated rings. The van der Waals surface area contributed by atoms with E-state index < -0.39 is 22.0 Å². The largest absolute Gasteiger partial charge is 0.496 e. The number of carboxylic acids is 1. The van der Waals surface area contributed by atoms with Crippen LogP contribution >= 0.6 is 15.9 Å². The van der Waals surface area contributed by atoms with Crippen molar-refractivity contribution in [3.8, 4) is 11.5 Å². The smallest absolute Gasteiger partial charge is 0.339 e. The Morgan fingerprint density at radius 2 is 2.00 bits per heavy atom. The van der Waals surface area contributed by atoms with E-state index in [4.69, 9.17) is 9.47 Å². The van der Waals surface area contributed by atoms with Crippen LogP contribution in [0.5, 0.6) is 11.5 Å². The van der Waals surface area contributed by atoms with Crippen molar-refractivity contribution in [3.05, 3.63) is 52.0 Å². The molecule has 3 atom stereocenters. The molecule has 1 aliphatic rings. The van der Waals surface area contributed by atoms with E-state index in [1.807, 2.05) is 31.2 Å². The predicted octanol–water partition coefficient (Wildman–Crippen LogP) is 3.39. The minimum Gasteiger partial charge on any atom is -0.496 e. The number of para-hydroxylation sites is 1. The Morgan fingerprint density at radius 3 is 2.61 bits per heavy atom. The molecule has 9 heteroatoms. The first kappa shape index (κ1) is 20.6. The summed E-state index contributed by atoms with van der Waals surface area (Å²) in [6, 6.07) is 9.45. The maximum Gasteiger partial charge on any atom is 0.339 e. The van der Waals surface area contributed by atoms with Crippen LogP contribution < -0.4 is 14.2 Å². The van der Waals surface area contributed by atoms with Crippen LogP contribution in [0, 0.1) is 0 Å². The Kier molecular flexibility index (Phi) is 5.69. The van der Waals surface area contributed by atoms with Crippen molar-refractivity contribution in [2.24, 2.45) is 0 Å². The summed E-state index contributed by atoms with van der Waals surface area (Å²) in [6.07, 6.45) is -0.386. The third-order valence-electron chi connectivity index (χ3n) is 4.77. The molecule has 2 aromatic carbocycles. The maximum absolute atomic E-state index is 12.9. The van der Waals surface area contributed by atoms with E-state index >= 15 is 0 Å². The van der Waals surface area contributed by atoms with E-state index in [1.54, 1.807) is 6.92 Å². The molecule has 1 heterocycles. The van der Waals surface area contributed by atoms with Gasteiger partial charge in [-0.25, -0.2) is 17.9 Å². The third-order valence-corrected chi connectivity index (χ3v) is 7.29. The molecule has 3 rings (SSSR count). The van der Waals surface area contributed by atoms with Crippen molar-refractivity contribution in [1.82, 2.24) is 4.72 Å². The highest BCUT2D eigenvalue weighted by atomic mass is 79.9. The van der Waals surface area contributed by atoms with Gasteiger partial charge in [0, 0.05) is 16.0 Å². The van der Waals surface area contributed by atoms with Crippen LogP contribution in [0.1, 0.15) is 35.7 Å². The Hall–Kier alpha value is -2.10. The fourth-order valence-electron chi connectivity index (χ4n) is 3.38. The monoisotopic (exact) mass is 469 g/mol. The van der Waals surface area contributed by atoms with Gasteiger partial charge in [-0.15, -0.1) is 0 Å². The topological polar surface area (TPSA) is 102 Å². The van der Waals surface area contributed by atoms with Gasteiger partial charge >= 0.3 is 5.97 Å². The fourth-order valence-corrected chi connectivity index (χ4v) is 5.68. The maximum atomic E-state index is 12.9. The minimum absolute atomic E-state index is 0.00258. The number of fused-ring (bicyclic) bond motifs is 1. The van der Waals surface area contributed by atoms with Crippen LogP contribution in [-0.4, -0.2) is 38.7 Å². The first-order valence-electron chi connectivity index (χ1n) is 8.54. The van der Waals surface area contributed by atoms with Gasteiger partial charge in [0.25, 0.3) is 0 Å². The molecule has 0 amide bonds. The molecule has 0 saturated carbocycles. The lowest BCUT2D eigenvalue weighted by atomic mass is 9.94. The SMILES string of the molecule is COc1cc(Br)c(S(=O)(=O)NC(C)C2Oc3ccccc3C2C)cc1C(=O)O. The van der Waals surface area contributed by atoms with Gasteiger partial charge < -0.3 is 14.6 Å². The summed E-state index contributed by atoms with van der Waals surface area (Å²) in [5.74, 6) is -0.473. The van der Waals surface area contributed by atoms with Gasteiger partial charge in [0.15, 0.2) is 0 Å². The van der Waals surface area contributed by atoms with Crippen LogP contribution in [0.15, 0.2) is 45.8 Å². The van der Waals surface area contributed by atoms with E-state index in [1.165, 1.54) is 13.2 Å². The quantitative estimate of drug-likeness (QED) is 0.671. The highest BCUT2D eigenvalue weighted by Crippen LogP contribution is 2.39. The number of carbonyl (C=O) groups is 1. The molecule has 0 spiro atoms. The van der Waals surface area contributed by atoms with Crippen molar-refractivity contribution in [3.63, 3.8) is 0 Å². The van der Waals surface area contributed by atoms with E-state index in [0.29, 0.717) is 0 Å². The van der Waals surface area contributed by atoms with Crippen LogP contribution in [-0.2, 0) is 10.0 Å². The lowest BCUT2D eigenvalue weighted by Crippen LogP contribution is -2.44. The second-order valence-corrected chi connectivity index (χ2v) is 9.14. The molecule has 3 unspecified atom stereocenters. The second-order valence-electron chi connectivity index (χ2n) is 6.61. The molecule has 0 aliphatic carbocycles. The van der Waals surface area contributed by atoms with Gasteiger partial charge in [0.05, 0.1) is 18.0 Å². The molecular formula is C19H20BrNO6S. The standard InChI is InChI=1S/C19H20BrNO6S/c1-10-12-6-4-5-7-15(12)27-18(10)11(2)21-28(24,25)17-8-13(19(22)23)16(26-3)9-14(17)20/h4-11,18,21H,1-3H3,(H,22,23). The summed E-state index contributed by atoms with van der Waals surface area (Å²) in [4.78, 5) is 11.3. The first-order chi connectivity index (χ1) is 13.2. The van der Waals surface area contributed by atoms with Crippen LogP contribution in [0.4, 0.5) is 0 Å². The first-order valence-corrected chi connectivity index (χ1v) is 10.8. The zero-order chi connectivity index (χ0) is 20.6. The number of hydrogen-bond acceptors (Lipinski definition) is 5.